The molecule has 0 saturated heterocycles. The standard InChI is InChI=1S/C85H64F3N3/c1-51-38-79(89-49-75(51)60-14-11-17-66(86)44-60)57-30-24-54(25-31-57)69-20-7-9-22-71(69)63-41-64-43-65(42-63)74-48-78-77(47-73(74)56-28-32-58(33-29-56)80-39-52(2)76(50-90-80)61-15-12-18-67(87)45-61)84(4,5)36-37-85(78,6)83-82(62-16-13-19-68(88)46-62)53(3)40-81(91-83)59-34-26-55(27-35-59)70-21-8-10-23-72(64)70/h7-35,38-50H,36-37H2,1-6H3. The summed E-state index contributed by atoms with van der Waals surface area (Å²) in [5, 5.41) is 0. The molecule has 13 aromatic rings. The number of rotatable bonds is 8. The average Bonchev–Trinajstić information content (AvgIpc) is 0.720. The Balaban J connectivity index is 0.949. The zero-order valence-corrected chi connectivity index (χ0v) is 51.6. The molecule has 8 bridgehead atoms. The summed E-state index contributed by atoms with van der Waals surface area (Å²) >= 11 is 0. The van der Waals surface area contributed by atoms with E-state index in [1.165, 1.54) is 29.3 Å². The lowest BCUT2D eigenvalue weighted by Crippen LogP contribution is -2.38. The first-order valence-electron chi connectivity index (χ1n) is 31.2. The van der Waals surface area contributed by atoms with Gasteiger partial charge in [0.2, 0.25) is 0 Å². The molecule has 2 aliphatic heterocycles. The number of hydrogen-bond donors (Lipinski definition) is 0. The van der Waals surface area contributed by atoms with Crippen LogP contribution in [0.3, 0.4) is 0 Å². The highest BCUT2D eigenvalue weighted by Crippen LogP contribution is 2.55. The lowest BCUT2D eigenvalue weighted by molar-refractivity contribution is 0.345. The van der Waals surface area contributed by atoms with Crippen molar-refractivity contribution in [1.29, 1.82) is 0 Å². The Bertz CT molecular complexity index is 5040. The predicted molar refractivity (Wildman–Crippen MR) is 368 cm³/mol. The second-order valence-corrected chi connectivity index (χ2v) is 25.6. The molecule has 3 aliphatic rings. The molecule has 0 spiro atoms. The molecule has 6 heteroatoms. The highest BCUT2D eigenvalue weighted by atomic mass is 19.1. The molecular formula is C85H64F3N3. The van der Waals surface area contributed by atoms with E-state index in [2.05, 4.69) is 204 Å². The molecule has 1 unspecified atom stereocenters. The lowest BCUT2D eigenvalue weighted by Gasteiger charge is -2.45. The Morgan fingerprint density at radius 3 is 1.13 bits per heavy atom. The van der Waals surface area contributed by atoms with Gasteiger partial charge < -0.3 is 0 Å². The molecule has 5 heterocycles. The van der Waals surface area contributed by atoms with Gasteiger partial charge in [-0.25, -0.2) is 13.2 Å². The van der Waals surface area contributed by atoms with Crippen LogP contribution in [0.5, 0.6) is 0 Å². The minimum Gasteiger partial charge on any atom is -0.256 e. The second kappa shape index (κ2) is 22.5. The number of halogens is 3. The monoisotopic (exact) mass is 1180 g/mol. The van der Waals surface area contributed by atoms with Crippen LogP contribution in [0.15, 0.2) is 255 Å². The third-order valence-electron chi connectivity index (χ3n) is 19.3. The molecule has 0 radical (unpaired) electrons. The van der Waals surface area contributed by atoms with Crippen molar-refractivity contribution in [1.82, 2.24) is 15.0 Å². The van der Waals surface area contributed by atoms with Crippen molar-refractivity contribution in [2.24, 2.45) is 0 Å². The fraction of sp³-hybridized carbons (Fsp3) is 0.118. The van der Waals surface area contributed by atoms with E-state index in [-0.39, 0.29) is 22.9 Å². The van der Waals surface area contributed by atoms with Gasteiger partial charge in [0.15, 0.2) is 0 Å². The number of pyridine rings is 3. The molecule has 3 nitrogen and oxygen atoms in total. The summed E-state index contributed by atoms with van der Waals surface area (Å²) < 4.78 is 44.3. The quantitative estimate of drug-likeness (QED) is 0.152. The van der Waals surface area contributed by atoms with E-state index in [0.717, 1.165) is 169 Å². The molecule has 1 aliphatic carbocycles. The van der Waals surface area contributed by atoms with Crippen LogP contribution in [-0.2, 0) is 10.8 Å². The summed E-state index contributed by atoms with van der Waals surface area (Å²) in [6.07, 6.45) is 5.39. The van der Waals surface area contributed by atoms with E-state index in [9.17, 15) is 8.78 Å². The van der Waals surface area contributed by atoms with Crippen LogP contribution in [0.4, 0.5) is 13.2 Å². The van der Waals surface area contributed by atoms with Crippen molar-refractivity contribution in [3.8, 4) is 134 Å². The van der Waals surface area contributed by atoms with Crippen molar-refractivity contribution in [2.75, 3.05) is 0 Å². The number of fused-ring (bicyclic) bond motifs is 2. The molecule has 3 aromatic heterocycles. The van der Waals surface area contributed by atoms with Crippen molar-refractivity contribution in [3.05, 3.63) is 306 Å². The molecule has 1 atom stereocenters. The molecule has 91 heavy (non-hydrogen) atoms. The normalized spacial score (nSPS) is 14.5. The maximum absolute atomic E-state index is 15.6. The van der Waals surface area contributed by atoms with Crippen LogP contribution in [0, 0.1) is 38.2 Å². The number of hydrogen-bond acceptors (Lipinski definition) is 3. The van der Waals surface area contributed by atoms with Crippen LogP contribution in [0.1, 0.15) is 67.1 Å². The van der Waals surface area contributed by atoms with Crippen LogP contribution >= 0.6 is 0 Å². The molecule has 10 aromatic carbocycles. The van der Waals surface area contributed by atoms with Gasteiger partial charge in [0.05, 0.1) is 22.8 Å². The second-order valence-electron chi connectivity index (χ2n) is 25.6. The van der Waals surface area contributed by atoms with Crippen molar-refractivity contribution < 1.29 is 13.2 Å². The first-order valence-corrected chi connectivity index (χ1v) is 31.2. The van der Waals surface area contributed by atoms with Gasteiger partial charge in [-0.2, -0.15) is 0 Å². The SMILES string of the molecule is Cc1cc(-c2ccc(-c3ccccc3-c3cc4cc(c3)-c3cc5c(cc3-c3ccc(-c6cc(C)c(-c7cccc(F)c7)cn6)cc3)C(C)(C)CCC5(C)c3nc(cc(C)c3-c3cccc(F)c3)-c3ccc(cc3)-c3ccccc3-4)cc2)ncc1-c1cccc(F)c1. The van der Waals surface area contributed by atoms with E-state index in [4.69, 9.17) is 15.0 Å². The molecule has 0 N–H and O–H groups in total. The Morgan fingerprint density at radius 1 is 0.297 bits per heavy atom. The summed E-state index contributed by atoms with van der Waals surface area (Å²) in [5.41, 5.74) is 29.2. The highest BCUT2D eigenvalue weighted by molar-refractivity contribution is 5.96. The van der Waals surface area contributed by atoms with Gasteiger partial charge in [0.25, 0.3) is 0 Å². The van der Waals surface area contributed by atoms with E-state index in [1.54, 1.807) is 36.4 Å². The minimum absolute atomic E-state index is 0.239. The summed E-state index contributed by atoms with van der Waals surface area (Å²) in [7, 11) is 0. The zero-order chi connectivity index (χ0) is 62.3. The zero-order valence-electron chi connectivity index (χ0n) is 51.6. The number of aryl methyl sites for hydroxylation is 3. The van der Waals surface area contributed by atoms with Crippen molar-refractivity contribution in [3.63, 3.8) is 0 Å². The molecule has 16 rings (SSSR count). The first kappa shape index (κ1) is 56.9. The van der Waals surface area contributed by atoms with Gasteiger partial charge in [0, 0.05) is 51.2 Å². The first-order chi connectivity index (χ1) is 44.1. The maximum Gasteiger partial charge on any atom is 0.123 e. The van der Waals surface area contributed by atoms with E-state index in [1.807, 2.05) is 37.5 Å². The van der Waals surface area contributed by atoms with Gasteiger partial charge in [-0.15, -0.1) is 0 Å². The summed E-state index contributed by atoms with van der Waals surface area (Å²) in [6, 6.07) is 82.4. The molecule has 0 amide bonds. The number of benzene rings is 10. The van der Waals surface area contributed by atoms with Gasteiger partial charge in [-0.05, 0) is 242 Å². The fourth-order valence-electron chi connectivity index (χ4n) is 14.3. The number of nitrogens with zero attached hydrogens (tertiary/aromatic N) is 3. The summed E-state index contributed by atoms with van der Waals surface area (Å²) in [6.45, 7) is 13.4. The summed E-state index contributed by atoms with van der Waals surface area (Å²) in [4.78, 5) is 15.6. The summed E-state index contributed by atoms with van der Waals surface area (Å²) in [5.74, 6) is -0.843. The smallest absolute Gasteiger partial charge is 0.123 e. The largest absolute Gasteiger partial charge is 0.256 e. The van der Waals surface area contributed by atoms with Crippen LogP contribution in [0.25, 0.3) is 134 Å². The molecular weight excluding hydrogens is 1120 g/mol. The van der Waals surface area contributed by atoms with E-state index < -0.39 is 5.41 Å². The van der Waals surface area contributed by atoms with E-state index >= 15 is 4.39 Å². The topological polar surface area (TPSA) is 38.7 Å². The number of aromatic nitrogens is 3. The van der Waals surface area contributed by atoms with Crippen molar-refractivity contribution in [2.45, 2.75) is 65.2 Å². The third-order valence-corrected chi connectivity index (χ3v) is 19.3. The fourth-order valence-corrected chi connectivity index (χ4v) is 14.3. The molecule has 0 saturated carbocycles. The van der Waals surface area contributed by atoms with Gasteiger partial charge in [0.1, 0.15) is 17.5 Å². The Hall–Kier alpha value is -10.6. The minimum atomic E-state index is -0.633. The van der Waals surface area contributed by atoms with E-state index in [0.29, 0.717) is 0 Å². The van der Waals surface area contributed by atoms with Gasteiger partial charge in [-0.1, -0.05) is 172 Å². The predicted octanol–water partition coefficient (Wildman–Crippen LogP) is 22.9. The van der Waals surface area contributed by atoms with Crippen LogP contribution < -0.4 is 0 Å². The van der Waals surface area contributed by atoms with Crippen LogP contribution in [0.2, 0.25) is 0 Å². The van der Waals surface area contributed by atoms with Crippen LogP contribution in [-0.4, -0.2) is 15.0 Å². The molecule has 440 valence electrons. The average molecular weight is 1180 g/mol. The lowest BCUT2D eigenvalue weighted by atomic mass is 9.59. The van der Waals surface area contributed by atoms with Gasteiger partial charge in [-0.3, -0.25) is 15.0 Å². The third kappa shape index (κ3) is 10.4. The Kier molecular flexibility index (Phi) is 14.1. The Labute approximate surface area is 530 Å². The van der Waals surface area contributed by atoms with Gasteiger partial charge >= 0.3 is 0 Å². The highest BCUT2D eigenvalue weighted by Gasteiger charge is 2.44. The maximum atomic E-state index is 15.6. The Morgan fingerprint density at radius 2 is 0.670 bits per heavy atom. The molecule has 0 fully saturated rings. The van der Waals surface area contributed by atoms with Crippen molar-refractivity contribution >= 4 is 0 Å².